The van der Waals surface area contributed by atoms with E-state index in [0.717, 1.165) is 18.2 Å². The van der Waals surface area contributed by atoms with E-state index < -0.39 is 0 Å². The van der Waals surface area contributed by atoms with Crippen LogP contribution < -0.4 is 14.8 Å². The third-order valence-electron chi connectivity index (χ3n) is 2.78. The molecule has 0 aliphatic carbocycles. The highest BCUT2D eigenvalue weighted by Crippen LogP contribution is 2.32. The van der Waals surface area contributed by atoms with Crippen LogP contribution in [0.5, 0.6) is 11.5 Å². The number of fused-ring (bicyclic) bond motifs is 1. The maximum absolute atomic E-state index is 12.0. The van der Waals surface area contributed by atoms with Crippen LogP contribution >= 0.6 is 15.9 Å². The SMILES string of the molecule is CC(CCCBr)NC(=O)c1ccc2c(c1)OCO2. The quantitative estimate of drug-likeness (QED) is 0.850. The number of rotatable bonds is 5. The van der Waals surface area contributed by atoms with Crippen molar-refractivity contribution in [2.45, 2.75) is 25.8 Å². The van der Waals surface area contributed by atoms with Gasteiger partial charge in [0.2, 0.25) is 6.79 Å². The van der Waals surface area contributed by atoms with Crippen LogP contribution in [-0.2, 0) is 0 Å². The van der Waals surface area contributed by atoms with Crippen LogP contribution in [0.4, 0.5) is 0 Å². The molecule has 0 saturated heterocycles. The molecule has 1 atom stereocenters. The second-order valence-electron chi connectivity index (χ2n) is 4.27. The Kier molecular flexibility index (Phi) is 4.47. The Morgan fingerprint density at radius 2 is 2.22 bits per heavy atom. The second-order valence-corrected chi connectivity index (χ2v) is 5.07. The van der Waals surface area contributed by atoms with E-state index in [9.17, 15) is 4.79 Å². The number of ether oxygens (including phenoxy) is 2. The summed E-state index contributed by atoms with van der Waals surface area (Å²) in [6, 6.07) is 5.40. The van der Waals surface area contributed by atoms with E-state index >= 15 is 0 Å². The van der Waals surface area contributed by atoms with Gasteiger partial charge in [0.05, 0.1) is 0 Å². The Balaban J connectivity index is 1.96. The first kappa shape index (κ1) is 13.2. The van der Waals surface area contributed by atoms with Crippen molar-refractivity contribution < 1.29 is 14.3 Å². The van der Waals surface area contributed by atoms with Crippen LogP contribution in [0.1, 0.15) is 30.1 Å². The van der Waals surface area contributed by atoms with Gasteiger partial charge in [-0.1, -0.05) is 15.9 Å². The van der Waals surface area contributed by atoms with Gasteiger partial charge in [-0.3, -0.25) is 4.79 Å². The van der Waals surface area contributed by atoms with Gasteiger partial charge in [-0.2, -0.15) is 0 Å². The van der Waals surface area contributed by atoms with Crippen LogP contribution in [-0.4, -0.2) is 24.1 Å². The first-order valence-corrected chi connectivity index (χ1v) is 7.09. The van der Waals surface area contributed by atoms with Gasteiger partial charge in [0.1, 0.15) is 0 Å². The van der Waals surface area contributed by atoms with E-state index in [4.69, 9.17) is 9.47 Å². The number of hydrogen-bond donors (Lipinski definition) is 1. The maximum Gasteiger partial charge on any atom is 0.251 e. The molecule has 5 heteroatoms. The Bertz CT molecular complexity index is 436. The number of amides is 1. The fraction of sp³-hybridized carbons (Fsp3) is 0.462. The predicted molar refractivity (Wildman–Crippen MR) is 72.5 cm³/mol. The number of carbonyl (C=O) groups is 1. The van der Waals surface area contributed by atoms with Gasteiger partial charge in [-0.15, -0.1) is 0 Å². The van der Waals surface area contributed by atoms with Crippen molar-refractivity contribution in [3.05, 3.63) is 23.8 Å². The standard InChI is InChI=1S/C13H16BrNO3/c1-9(3-2-6-14)15-13(16)10-4-5-11-12(7-10)18-8-17-11/h4-5,7,9H,2-3,6,8H2,1H3,(H,15,16). The number of hydrogen-bond acceptors (Lipinski definition) is 3. The fourth-order valence-corrected chi connectivity index (χ4v) is 2.12. The lowest BCUT2D eigenvalue weighted by Crippen LogP contribution is -2.32. The van der Waals surface area contributed by atoms with Crippen molar-refractivity contribution in [1.29, 1.82) is 0 Å². The number of nitrogens with one attached hydrogen (secondary N) is 1. The van der Waals surface area contributed by atoms with Crippen molar-refractivity contribution >= 4 is 21.8 Å². The van der Waals surface area contributed by atoms with Gasteiger partial charge in [-0.05, 0) is 38.0 Å². The average molecular weight is 314 g/mol. The smallest absolute Gasteiger partial charge is 0.251 e. The van der Waals surface area contributed by atoms with Gasteiger partial charge >= 0.3 is 0 Å². The Morgan fingerprint density at radius 3 is 3.00 bits per heavy atom. The largest absolute Gasteiger partial charge is 0.454 e. The van der Waals surface area contributed by atoms with E-state index in [1.807, 2.05) is 6.92 Å². The van der Waals surface area contributed by atoms with Crippen molar-refractivity contribution in [3.63, 3.8) is 0 Å². The Hall–Kier alpha value is -1.23. The molecule has 0 bridgehead atoms. The van der Waals surface area contributed by atoms with Crippen molar-refractivity contribution in [2.75, 3.05) is 12.1 Å². The normalized spacial score (nSPS) is 14.3. The molecule has 1 unspecified atom stereocenters. The molecule has 1 aliphatic heterocycles. The zero-order valence-electron chi connectivity index (χ0n) is 10.2. The van der Waals surface area contributed by atoms with Crippen molar-refractivity contribution in [3.8, 4) is 11.5 Å². The molecule has 1 amide bonds. The number of benzene rings is 1. The molecule has 1 N–H and O–H groups in total. The minimum atomic E-state index is -0.0737. The lowest BCUT2D eigenvalue weighted by Gasteiger charge is -2.13. The summed E-state index contributed by atoms with van der Waals surface area (Å²) in [5, 5.41) is 3.92. The van der Waals surface area contributed by atoms with Gasteiger partial charge in [0.25, 0.3) is 5.91 Å². The summed E-state index contributed by atoms with van der Waals surface area (Å²) in [7, 11) is 0. The molecule has 0 radical (unpaired) electrons. The highest BCUT2D eigenvalue weighted by molar-refractivity contribution is 9.09. The van der Waals surface area contributed by atoms with E-state index in [1.54, 1.807) is 18.2 Å². The molecule has 1 aliphatic rings. The highest BCUT2D eigenvalue weighted by atomic mass is 79.9. The molecule has 18 heavy (non-hydrogen) atoms. The molecular weight excluding hydrogens is 298 g/mol. The number of halogens is 1. The second kappa shape index (κ2) is 6.09. The fourth-order valence-electron chi connectivity index (χ4n) is 1.80. The van der Waals surface area contributed by atoms with Crippen LogP contribution in [0.25, 0.3) is 0 Å². The van der Waals surface area contributed by atoms with Gasteiger partial charge in [0.15, 0.2) is 11.5 Å². The first-order valence-electron chi connectivity index (χ1n) is 5.97. The lowest BCUT2D eigenvalue weighted by atomic mass is 10.1. The summed E-state index contributed by atoms with van der Waals surface area (Å²) in [5.41, 5.74) is 0.602. The summed E-state index contributed by atoms with van der Waals surface area (Å²) in [4.78, 5) is 12.0. The third-order valence-corrected chi connectivity index (χ3v) is 3.34. The van der Waals surface area contributed by atoms with E-state index in [1.165, 1.54) is 0 Å². The van der Waals surface area contributed by atoms with Gasteiger partial charge in [0, 0.05) is 16.9 Å². The molecule has 2 rings (SSSR count). The number of alkyl halides is 1. The van der Waals surface area contributed by atoms with Crippen LogP contribution in [0.2, 0.25) is 0 Å². The molecule has 1 aromatic rings. The number of carbonyl (C=O) groups excluding carboxylic acids is 1. The summed E-state index contributed by atoms with van der Waals surface area (Å²) in [6.45, 7) is 2.23. The first-order chi connectivity index (χ1) is 8.70. The average Bonchev–Trinajstić information content (AvgIpc) is 2.83. The van der Waals surface area contributed by atoms with Gasteiger partial charge in [-0.25, -0.2) is 0 Å². The summed E-state index contributed by atoms with van der Waals surface area (Å²) in [5.74, 6) is 1.25. The Morgan fingerprint density at radius 1 is 1.44 bits per heavy atom. The van der Waals surface area contributed by atoms with Gasteiger partial charge < -0.3 is 14.8 Å². The molecule has 0 fully saturated rings. The molecule has 0 aromatic heterocycles. The highest BCUT2D eigenvalue weighted by Gasteiger charge is 2.16. The molecule has 98 valence electrons. The topological polar surface area (TPSA) is 47.6 Å². The zero-order valence-corrected chi connectivity index (χ0v) is 11.8. The third kappa shape index (κ3) is 3.16. The lowest BCUT2D eigenvalue weighted by molar-refractivity contribution is 0.0938. The van der Waals surface area contributed by atoms with Crippen LogP contribution in [0.15, 0.2) is 18.2 Å². The minimum absolute atomic E-state index is 0.0737. The molecule has 1 aromatic carbocycles. The monoisotopic (exact) mass is 313 g/mol. The molecule has 0 saturated carbocycles. The molecular formula is C13H16BrNO3. The molecule has 4 nitrogen and oxygen atoms in total. The maximum atomic E-state index is 12.0. The minimum Gasteiger partial charge on any atom is -0.454 e. The predicted octanol–water partition coefficient (Wildman–Crippen LogP) is 2.71. The Labute approximate surface area is 115 Å². The van der Waals surface area contributed by atoms with E-state index in [-0.39, 0.29) is 18.7 Å². The molecule has 1 heterocycles. The van der Waals surface area contributed by atoms with Crippen molar-refractivity contribution in [1.82, 2.24) is 5.32 Å². The van der Waals surface area contributed by atoms with Crippen LogP contribution in [0, 0.1) is 0 Å². The molecule has 0 spiro atoms. The van der Waals surface area contributed by atoms with E-state index in [0.29, 0.717) is 17.1 Å². The van der Waals surface area contributed by atoms with Crippen molar-refractivity contribution in [2.24, 2.45) is 0 Å². The van der Waals surface area contributed by atoms with E-state index in [2.05, 4.69) is 21.2 Å². The van der Waals surface area contributed by atoms with Crippen LogP contribution in [0.3, 0.4) is 0 Å². The zero-order chi connectivity index (χ0) is 13.0. The summed E-state index contributed by atoms with van der Waals surface area (Å²) >= 11 is 3.38. The summed E-state index contributed by atoms with van der Waals surface area (Å²) < 4.78 is 10.5. The summed E-state index contributed by atoms with van der Waals surface area (Å²) in [6.07, 6.45) is 2.00.